The molecule has 0 fully saturated rings. The van der Waals surface area contributed by atoms with E-state index in [1.54, 1.807) is 46.0 Å². The molecule has 0 radical (unpaired) electrons. The van der Waals surface area contributed by atoms with Crippen LogP contribution in [0.15, 0.2) is 49.1 Å². The number of nitrogens with one attached hydrogen (secondary N) is 1. The smallest absolute Gasteiger partial charge is 0.404 e. The van der Waals surface area contributed by atoms with Gasteiger partial charge >= 0.3 is 6.09 Å². The van der Waals surface area contributed by atoms with Crippen LogP contribution in [0.25, 0.3) is 28.0 Å². The number of rotatable bonds is 4. The van der Waals surface area contributed by atoms with Gasteiger partial charge < -0.3 is 10.4 Å². The highest BCUT2D eigenvalue weighted by atomic mass is 19.1. The van der Waals surface area contributed by atoms with Crippen LogP contribution >= 0.6 is 0 Å². The molecule has 0 aliphatic rings. The number of aromatic nitrogens is 5. The number of fused-ring (bicyclic) bond motifs is 1. The second-order valence-electron chi connectivity index (χ2n) is 6.00. The number of amides is 1. The quantitative estimate of drug-likeness (QED) is 0.579. The van der Waals surface area contributed by atoms with Gasteiger partial charge in [0.05, 0.1) is 35.5 Å². The third-order valence-corrected chi connectivity index (χ3v) is 4.15. The number of hydrogen-bond donors (Lipinski definition) is 2. The van der Waals surface area contributed by atoms with E-state index >= 15 is 0 Å². The molecule has 0 saturated carbocycles. The second kappa shape index (κ2) is 6.52. The molecule has 1 amide bonds. The molecule has 0 aliphatic carbocycles. The molecule has 4 rings (SSSR count). The standard InChI is InChI=1S/C18H15FN6O2/c1-24-9-13(8-22-24)15-10-25-16(4-5-21-25)17(23-15)11-2-3-12(14(19)6-11)7-20-18(26)27/h2-6,8-10,20H,7H2,1H3,(H,26,27). The van der Waals surface area contributed by atoms with Crippen LogP contribution < -0.4 is 5.32 Å². The summed E-state index contributed by atoms with van der Waals surface area (Å²) in [4.78, 5) is 15.3. The van der Waals surface area contributed by atoms with Crippen LogP contribution in [-0.4, -0.2) is 35.6 Å². The average molecular weight is 366 g/mol. The van der Waals surface area contributed by atoms with Gasteiger partial charge in [0, 0.05) is 36.5 Å². The van der Waals surface area contributed by atoms with Gasteiger partial charge in [-0.25, -0.2) is 18.7 Å². The number of aryl methyl sites for hydroxylation is 1. The molecular formula is C18H15FN6O2. The molecule has 0 spiro atoms. The highest BCUT2D eigenvalue weighted by Crippen LogP contribution is 2.27. The molecule has 3 heterocycles. The van der Waals surface area contributed by atoms with E-state index in [1.165, 1.54) is 6.07 Å². The number of benzene rings is 1. The van der Waals surface area contributed by atoms with Crippen LogP contribution in [-0.2, 0) is 13.6 Å². The minimum atomic E-state index is -1.20. The van der Waals surface area contributed by atoms with Gasteiger partial charge in [-0.3, -0.25) is 4.68 Å². The molecule has 27 heavy (non-hydrogen) atoms. The van der Waals surface area contributed by atoms with Crippen molar-refractivity contribution < 1.29 is 14.3 Å². The zero-order chi connectivity index (χ0) is 19.0. The van der Waals surface area contributed by atoms with Gasteiger partial charge in [-0.2, -0.15) is 10.2 Å². The van der Waals surface area contributed by atoms with E-state index in [1.807, 2.05) is 13.2 Å². The lowest BCUT2D eigenvalue weighted by Gasteiger charge is -2.09. The lowest BCUT2D eigenvalue weighted by molar-refractivity contribution is 0.194. The Hall–Kier alpha value is -3.75. The van der Waals surface area contributed by atoms with E-state index in [9.17, 15) is 9.18 Å². The molecule has 2 N–H and O–H groups in total. The summed E-state index contributed by atoms with van der Waals surface area (Å²) in [6.45, 7) is -0.104. The first-order valence-corrected chi connectivity index (χ1v) is 8.10. The summed E-state index contributed by atoms with van der Waals surface area (Å²) in [6.07, 6.45) is 5.77. The molecule has 0 bridgehead atoms. The first-order valence-electron chi connectivity index (χ1n) is 8.10. The van der Waals surface area contributed by atoms with Crippen molar-refractivity contribution in [3.05, 3.63) is 60.4 Å². The summed E-state index contributed by atoms with van der Waals surface area (Å²) < 4.78 is 17.8. The summed E-state index contributed by atoms with van der Waals surface area (Å²) >= 11 is 0. The lowest BCUT2D eigenvalue weighted by atomic mass is 10.1. The van der Waals surface area contributed by atoms with Gasteiger partial charge in [-0.1, -0.05) is 12.1 Å². The molecule has 0 aliphatic heterocycles. The molecule has 0 unspecified atom stereocenters. The number of halogens is 1. The van der Waals surface area contributed by atoms with Crippen molar-refractivity contribution in [3.63, 3.8) is 0 Å². The van der Waals surface area contributed by atoms with Gasteiger partial charge in [0.15, 0.2) is 0 Å². The second-order valence-corrected chi connectivity index (χ2v) is 6.00. The largest absolute Gasteiger partial charge is 0.465 e. The highest BCUT2D eigenvalue weighted by Gasteiger charge is 2.14. The molecule has 1 aromatic carbocycles. The molecule has 3 aromatic heterocycles. The van der Waals surface area contributed by atoms with E-state index < -0.39 is 11.9 Å². The SMILES string of the molecule is Cn1cc(-c2cn3nccc3c(-c3ccc(CNC(=O)O)c(F)c3)n2)cn1. The van der Waals surface area contributed by atoms with Crippen molar-refractivity contribution in [2.45, 2.75) is 6.54 Å². The fraction of sp³-hybridized carbons (Fsp3) is 0.111. The van der Waals surface area contributed by atoms with Crippen LogP contribution in [0.4, 0.5) is 9.18 Å². The molecule has 136 valence electrons. The number of nitrogens with zero attached hydrogens (tertiary/aromatic N) is 5. The van der Waals surface area contributed by atoms with Crippen molar-refractivity contribution in [2.24, 2.45) is 7.05 Å². The van der Waals surface area contributed by atoms with E-state index in [0.29, 0.717) is 17.0 Å². The Morgan fingerprint density at radius 3 is 2.78 bits per heavy atom. The van der Waals surface area contributed by atoms with E-state index in [2.05, 4.69) is 20.5 Å². The summed E-state index contributed by atoms with van der Waals surface area (Å²) in [5, 5.41) is 19.3. The van der Waals surface area contributed by atoms with Crippen LogP contribution in [0.2, 0.25) is 0 Å². The van der Waals surface area contributed by atoms with E-state index in [0.717, 1.165) is 11.1 Å². The van der Waals surface area contributed by atoms with Crippen molar-refractivity contribution >= 4 is 11.6 Å². The first kappa shape index (κ1) is 16.7. The third kappa shape index (κ3) is 3.22. The van der Waals surface area contributed by atoms with Crippen molar-refractivity contribution in [2.75, 3.05) is 0 Å². The van der Waals surface area contributed by atoms with Gasteiger partial charge in [0.1, 0.15) is 5.82 Å². The molecule has 4 aromatic rings. The predicted molar refractivity (Wildman–Crippen MR) is 95.4 cm³/mol. The normalized spacial score (nSPS) is 11.0. The summed E-state index contributed by atoms with van der Waals surface area (Å²) in [5.41, 5.74) is 3.62. The molecule has 0 saturated heterocycles. The van der Waals surface area contributed by atoms with Crippen molar-refractivity contribution in [3.8, 4) is 22.5 Å². The maximum Gasteiger partial charge on any atom is 0.404 e. The Bertz CT molecular complexity index is 1150. The van der Waals surface area contributed by atoms with Gasteiger partial charge in [-0.15, -0.1) is 0 Å². The van der Waals surface area contributed by atoms with Crippen LogP contribution in [0.3, 0.4) is 0 Å². The monoisotopic (exact) mass is 366 g/mol. The van der Waals surface area contributed by atoms with Crippen LogP contribution in [0.5, 0.6) is 0 Å². The maximum atomic E-state index is 14.4. The fourth-order valence-electron chi connectivity index (χ4n) is 2.84. The topological polar surface area (TPSA) is 97.3 Å². The minimum absolute atomic E-state index is 0.104. The summed E-state index contributed by atoms with van der Waals surface area (Å²) in [7, 11) is 1.82. The summed E-state index contributed by atoms with van der Waals surface area (Å²) in [5.74, 6) is -0.507. The van der Waals surface area contributed by atoms with Crippen LogP contribution in [0, 0.1) is 5.82 Å². The first-order chi connectivity index (χ1) is 13.0. The van der Waals surface area contributed by atoms with Gasteiger partial charge in [-0.05, 0) is 12.1 Å². The van der Waals surface area contributed by atoms with Gasteiger partial charge in [0.25, 0.3) is 0 Å². The molecular weight excluding hydrogens is 351 g/mol. The van der Waals surface area contributed by atoms with Crippen molar-refractivity contribution in [1.82, 2.24) is 29.7 Å². The minimum Gasteiger partial charge on any atom is -0.465 e. The Balaban J connectivity index is 1.80. The van der Waals surface area contributed by atoms with Gasteiger partial charge in [0.2, 0.25) is 0 Å². The zero-order valence-electron chi connectivity index (χ0n) is 14.3. The molecule has 0 atom stereocenters. The van der Waals surface area contributed by atoms with E-state index in [4.69, 9.17) is 5.11 Å². The third-order valence-electron chi connectivity index (χ3n) is 4.15. The Morgan fingerprint density at radius 2 is 2.07 bits per heavy atom. The van der Waals surface area contributed by atoms with Crippen molar-refractivity contribution in [1.29, 1.82) is 0 Å². The van der Waals surface area contributed by atoms with Crippen LogP contribution in [0.1, 0.15) is 5.56 Å². The Kier molecular flexibility index (Phi) is 4.03. The molecule has 8 nitrogen and oxygen atoms in total. The number of hydrogen-bond acceptors (Lipinski definition) is 4. The molecule has 9 heteroatoms. The maximum absolute atomic E-state index is 14.4. The Labute approximate surface area is 152 Å². The predicted octanol–water partition coefficient (Wildman–Crippen LogP) is 2.70. The average Bonchev–Trinajstić information content (AvgIpc) is 3.28. The number of carboxylic acid groups (broad SMARTS) is 1. The lowest BCUT2D eigenvalue weighted by Crippen LogP contribution is -2.20. The highest BCUT2D eigenvalue weighted by molar-refractivity contribution is 5.79. The zero-order valence-corrected chi connectivity index (χ0v) is 14.3. The summed E-state index contributed by atoms with van der Waals surface area (Å²) in [6, 6.07) is 6.41. The number of carbonyl (C=O) groups is 1. The fourth-order valence-corrected chi connectivity index (χ4v) is 2.84. The van der Waals surface area contributed by atoms with E-state index in [-0.39, 0.29) is 12.1 Å². The Morgan fingerprint density at radius 1 is 1.22 bits per heavy atom.